The average molecular weight is 271 g/mol. The summed E-state index contributed by atoms with van der Waals surface area (Å²) < 4.78 is 1.36. The number of nitrogens with one attached hydrogen (secondary N) is 2. The monoisotopic (exact) mass is 270 g/mol. The van der Waals surface area contributed by atoms with E-state index in [1.807, 2.05) is 6.92 Å². The van der Waals surface area contributed by atoms with Crippen LogP contribution in [0.3, 0.4) is 0 Å². The molecule has 0 aliphatic carbocycles. The smallest absolute Gasteiger partial charge is 0.287 e. The van der Waals surface area contributed by atoms with E-state index in [2.05, 4.69) is 15.7 Å². The molecule has 1 fully saturated rings. The molecule has 1 aromatic heterocycles. The molecule has 0 aromatic carbocycles. The van der Waals surface area contributed by atoms with Crippen LogP contribution in [0.4, 0.5) is 5.69 Å². The normalized spacial score (nSPS) is 19.1. The van der Waals surface area contributed by atoms with Crippen LogP contribution in [0.1, 0.15) is 19.8 Å². The lowest BCUT2D eigenvalue weighted by Gasteiger charge is -2.11. The molecule has 100 valence electrons. The molecule has 6 heteroatoms. The van der Waals surface area contributed by atoms with Crippen molar-refractivity contribution in [1.29, 1.82) is 0 Å². The van der Waals surface area contributed by atoms with E-state index in [1.165, 1.54) is 11.1 Å². The fourth-order valence-corrected chi connectivity index (χ4v) is 2.40. The molecule has 1 aliphatic heterocycles. The molecular weight excluding hydrogens is 252 g/mol. The largest absolute Gasteiger partial charge is 0.382 e. The van der Waals surface area contributed by atoms with Gasteiger partial charge in [-0.2, -0.15) is 5.10 Å². The van der Waals surface area contributed by atoms with Crippen LogP contribution in [0.25, 0.3) is 0 Å². The quantitative estimate of drug-likeness (QED) is 0.848. The van der Waals surface area contributed by atoms with Crippen molar-refractivity contribution < 1.29 is 0 Å². The molecule has 2 N–H and O–H groups in total. The molecule has 1 aliphatic rings. The number of rotatable bonds is 5. The van der Waals surface area contributed by atoms with E-state index in [0.717, 1.165) is 32.0 Å². The molecule has 0 bridgehead atoms. The third-order valence-corrected chi connectivity index (χ3v) is 3.68. The highest BCUT2D eigenvalue weighted by molar-refractivity contribution is 6.32. The zero-order valence-electron chi connectivity index (χ0n) is 10.6. The van der Waals surface area contributed by atoms with E-state index in [9.17, 15) is 4.79 Å². The Bertz CT molecular complexity index is 454. The highest BCUT2D eigenvalue weighted by Gasteiger charge is 2.14. The second kappa shape index (κ2) is 6.20. The number of anilines is 1. The topological polar surface area (TPSA) is 59.0 Å². The number of aryl methyl sites for hydroxylation is 1. The summed E-state index contributed by atoms with van der Waals surface area (Å²) in [5.74, 6) is 0.722. The number of aromatic nitrogens is 2. The van der Waals surface area contributed by atoms with Crippen molar-refractivity contribution in [2.24, 2.45) is 5.92 Å². The molecular formula is C12H19ClN4O. The minimum Gasteiger partial charge on any atom is -0.382 e. The second-order valence-corrected chi connectivity index (χ2v) is 4.95. The summed E-state index contributed by atoms with van der Waals surface area (Å²) in [5.41, 5.74) is 0.407. The van der Waals surface area contributed by atoms with Crippen LogP contribution in [0.2, 0.25) is 5.02 Å². The number of halogens is 1. The first-order chi connectivity index (χ1) is 8.72. The molecule has 18 heavy (non-hydrogen) atoms. The molecule has 0 spiro atoms. The van der Waals surface area contributed by atoms with Crippen LogP contribution >= 0.6 is 11.6 Å². The molecule has 1 saturated heterocycles. The van der Waals surface area contributed by atoms with Crippen LogP contribution in [-0.4, -0.2) is 29.4 Å². The molecule has 5 nitrogen and oxygen atoms in total. The van der Waals surface area contributed by atoms with Crippen molar-refractivity contribution in [1.82, 2.24) is 15.1 Å². The Morgan fingerprint density at radius 3 is 3.17 bits per heavy atom. The third kappa shape index (κ3) is 3.03. The predicted octanol–water partition coefficient (Wildman–Crippen LogP) is 1.33. The van der Waals surface area contributed by atoms with Gasteiger partial charge in [0.25, 0.3) is 5.56 Å². The van der Waals surface area contributed by atoms with E-state index < -0.39 is 0 Å². The van der Waals surface area contributed by atoms with Gasteiger partial charge in [-0.3, -0.25) is 4.79 Å². The van der Waals surface area contributed by atoms with Crippen LogP contribution < -0.4 is 16.2 Å². The van der Waals surface area contributed by atoms with E-state index in [0.29, 0.717) is 12.2 Å². The number of hydrogen-bond donors (Lipinski definition) is 2. The maximum atomic E-state index is 11.8. The molecule has 0 saturated carbocycles. The van der Waals surface area contributed by atoms with E-state index in [-0.39, 0.29) is 10.6 Å². The second-order valence-electron chi connectivity index (χ2n) is 4.57. The van der Waals surface area contributed by atoms with Gasteiger partial charge >= 0.3 is 0 Å². The van der Waals surface area contributed by atoms with Crippen molar-refractivity contribution >= 4 is 17.3 Å². The van der Waals surface area contributed by atoms with Crippen molar-refractivity contribution in [2.75, 3.05) is 25.0 Å². The summed E-state index contributed by atoms with van der Waals surface area (Å²) in [7, 11) is 0. The Hall–Kier alpha value is -1.07. The first kappa shape index (κ1) is 13.4. The Balaban J connectivity index is 1.93. The van der Waals surface area contributed by atoms with Gasteiger partial charge in [0.2, 0.25) is 0 Å². The van der Waals surface area contributed by atoms with Gasteiger partial charge in [-0.15, -0.1) is 0 Å². The first-order valence-corrected chi connectivity index (χ1v) is 6.80. The molecule has 0 amide bonds. The Kier molecular flexibility index (Phi) is 4.60. The standard InChI is InChI=1S/C12H19ClN4O/c1-2-17-12(18)11(13)10(8-16-17)15-6-4-9-3-5-14-7-9/h8-9,14-15H,2-7H2,1H3. The molecule has 0 radical (unpaired) electrons. The summed E-state index contributed by atoms with van der Waals surface area (Å²) in [6.07, 6.45) is 3.94. The lowest BCUT2D eigenvalue weighted by atomic mass is 10.1. The summed E-state index contributed by atoms with van der Waals surface area (Å²) >= 11 is 6.02. The third-order valence-electron chi connectivity index (χ3n) is 3.31. The fraction of sp³-hybridized carbons (Fsp3) is 0.667. The van der Waals surface area contributed by atoms with Crippen LogP contribution in [0.5, 0.6) is 0 Å². The van der Waals surface area contributed by atoms with Gasteiger partial charge in [-0.05, 0) is 38.8 Å². The lowest BCUT2D eigenvalue weighted by Crippen LogP contribution is -2.23. The van der Waals surface area contributed by atoms with Gasteiger partial charge in [0, 0.05) is 13.1 Å². The summed E-state index contributed by atoms with van der Waals surface area (Å²) in [6.45, 7) is 5.42. The van der Waals surface area contributed by atoms with E-state index in [4.69, 9.17) is 11.6 Å². The predicted molar refractivity (Wildman–Crippen MR) is 73.3 cm³/mol. The van der Waals surface area contributed by atoms with Gasteiger partial charge in [-0.1, -0.05) is 11.6 Å². The molecule has 1 aromatic rings. The Morgan fingerprint density at radius 1 is 1.67 bits per heavy atom. The van der Waals surface area contributed by atoms with Gasteiger partial charge < -0.3 is 10.6 Å². The van der Waals surface area contributed by atoms with Crippen molar-refractivity contribution in [3.63, 3.8) is 0 Å². The van der Waals surface area contributed by atoms with Crippen molar-refractivity contribution in [3.8, 4) is 0 Å². The molecule has 2 heterocycles. The first-order valence-electron chi connectivity index (χ1n) is 6.42. The Labute approximate surface area is 112 Å². The number of nitrogens with zero attached hydrogens (tertiary/aromatic N) is 2. The highest BCUT2D eigenvalue weighted by atomic mass is 35.5. The minimum absolute atomic E-state index is 0.230. The SMILES string of the molecule is CCn1ncc(NCCC2CCNC2)c(Cl)c1=O. The van der Waals surface area contributed by atoms with Gasteiger partial charge in [0.05, 0.1) is 11.9 Å². The maximum Gasteiger partial charge on any atom is 0.287 e. The fourth-order valence-electron chi connectivity index (χ4n) is 2.19. The van der Waals surface area contributed by atoms with Crippen LogP contribution in [0.15, 0.2) is 11.0 Å². The zero-order chi connectivity index (χ0) is 13.0. The summed E-state index contributed by atoms with van der Waals surface area (Å²) in [6, 6.07) is 0. The average Bonchev–Trinajstić information content (AvgIpc) is 2.88. The van der Waals surface area contributed by atoms with Crippen molar-refractivity contribution in [2.45, 2.75) is 26.3 Å². The Morgan fingerprint density at radius 2 is 2.50 bits per heavy atom. The minimum atomic E-state index is -0.230. The van der Waals surface area contributed by atoms with Gasteiger partial charge in [0.15, 0.2) is 0 Å². The van der Waals surface area contributed by atoms with Crippen molar-refractivity contribution in [3.05, 3.63) is 21.6 Å². The van der Waals surface area contributed by atoms with Crippen LogP contribution in [0, 0.1) is 5.92 Å². The number of hydrogen-bond acceptors (Lipinski definition) is 4. The molecule has 1 unspecified atom stereocenters. The highest BCUT2D eigenvalue weighted by Crippen LogP contribution is 2.17. The van der Waals surface area contributed by atoms with E-state index >= 15 is 0 Å². The lowest BCUT2D eigenvalue weighted by molar-refractivity contribution is 0.548. The zero-order valence-corrected chi connectivity index (χ0v) is 11.3. The van der Waals surface area contributed by atoms with Gasteiger partial charge in [-0.25, -0.2) is 4.68 Å². The summed E-state index contributed by atoms with van der Waals surface area (Å²) in [5, 5.41) is 10.8. The van der Waals surface area contributed by atoms with E-state index in [1.54, 1.807) is 6.20 Å². The molecule has 2 rings (SSSR count). The summed E-state index contributed by atoms with van der Waals surface area (Å²) in [4.78, 5) is 11.8. The van der Waals surface area contributed by atoms with Gasteiger partial charge in [0.1, 0.15) is 5.02 Å². The molecule has 1 atom stereocenters. The van der Waals surface area contributed by atoms with Crippen LogP contribution in [-0.2, 0) is 6.54 Å². The maximum absolute atomic E-state index is 11.8.